The second-order valence-corrected chi connectivity index (χ2v) is 5.25. The van der Waals surface area contributed by atoms with E-state index in [1.807, 2.05) is 31.2 Å². The summed E-state index contributed by atoms with van der Waals surface area (Å²) in [4.78, 5) is -0.555. The van der Waals surface area contributed by atoms with Crippen LogP contribution in [0.1, 0.15) is 5.56 Å². The zero-order valence-corrected chi connectivity index (χ0v) is 10.4. The molecule has 1 aromatic carbocycles. The molecule has 0 aliphatic carbocycles. The third-order valence-electron chi connectivity index (χ3n) is 1.83. The molecule has 0 radical (unpaired) electrons. The molecule has 0 N–H and O–H groups in total. The predicted molar refractivity (Wildman–Crippen MR) is 60.7 cm³/mol. The molecule has 1 unspecified atom stereocenters. The summed E-state index contributed by atoms with van der Waals surface area (Å²) in [5, 5.41) is 0. The molecule has 0 fully saturated rings. The third kappa shape index (κ3) is 4.07. The van der Waals surface area contributed by atoms with E-state index < -0.39 is 11.0 Å². The maximum atomic E-state index is 12.2. The molecule has 5 heteroatoms. The highest BCUT2D eigenvalue weighted by molar-refractivity contribution is 9.09. The molecule has 1 aromatic rings. The normalized spacial score (nSPS) is 13.9. The monoisotopic (exact) mass is 298 g/mol. The van der Waals surface area contributed by atoms with Crippen LogP contribution in [0.25, 0.3) is 0 Å². The van der Waals surface area contributed by atoms with Gasteiger partial charge in [-0.15, -0.1) is 11.8 Å². The highest BCUT2D eigenvalue weighted by Gasteiger charge is 2.37. The number of aryl methyl sites for hydroxylation is 1. The summed E-state index contributed by atoms with van der Waals surface area (Å²) in [5.74, 6) is -0.00560. The molecule has 0 spiro atoms. The molecule has 0 nitrogen and oxygen atoms in total. The molecule has 15 heavy (non-hydrogen) atoms. The lowest BCUT2D eigenvalue weighted by molar-refractivity contribution is -0.122. The number of benzene rings is 1. The van der Waals surface area contributed by atoms with E-state index in [0.717, 1.165) is 10.5 Å². The van der Waals surface area contributed by atoms with Gasteiger partial charge in [0.25, 0.3) is 0 Å². The van der Waals surface area contributed by atoms with Crippen molar-refractivity contribution in [1.29, 1.82) is 0 Å². The van der Waals surface area contributed by atoms with Gasteiger partial charge in [0.2, 0.25) is 0 Å². The SMILES string of the molecule is Cc1ccccc1SCC(Br)C(F)(F)F. The van der Waals surface area contributed by atoms with Crippen LogP contribution in [0, 0.1) is 6.92 Å². The van der Waals surface area contributed by atoms with Crippen LogP contribution in [0.5, 0.6) is 0 Å². The minimum absolute atomic E-state index is 0.00560. The number of hydrogen-bond acceptors (Lipinski definition) is 1. The number of alkyl halides is 4. The van der Waals surface area contributed by atoms with Crippen LogP contribution in [-0.2, 0) is 0 Å². The van der Waals surface area contributed by atoms with Crippen molar-refractivity contribution in [2.45, 2.75) is 22.8 Å². The van der Waals surface area contributed by atoms with Gasteiger partial charge in [0.1, 0.15) is 4.83 Å². The largest absolute Gasteiger partial charge is 0.402 e. The predicted octanol–water partition coefficient (Wildman–Crippen LogP) is 4.41. The molecule has 0 aliphatic heterocycles. The highest BCUT2D eigenvalue weighted by Crippen LogP contribution is 2.32. The average Bonchev–Trinajstić information content (AvgIpc) is 2.14. The Morgan fingerprint density at radius 2 is 1.93 bits per heavy atom. The van der Waals surface area contributed by atoms with E-state index in [2.05, 4.69) is 15.9 Å². The Hall–Kier alpha value is -0.160. The summed E-state index contributed by atoms with van der Waals surface area (Å²) < 4.78 is 36.6. The van der Waals surface area contributed by atoms with Gasteiger partial charge in [0, 0.05) is 10.6 Å². The van der Waals surface area contributed by atoms with Crippen molar-refractivity contribution in [3.05, 3.63) is 29.8 Å². The molecule has 84 valence electrons. The van der Waals surface area contributed by atoms with Crippen LogP contribution in [0.4, 0.5) is 13.2 Å². The fourth-order valence-electron chi connectivity index (χ4n) is 0.976. The zero-order valence-electron chi connectivity index (χ0n) is 8.01. The van der Waals surface area contributed by atoms with Crippen molar-refractivity contribution in [2.75, 3.05) is 5.75 Å². The first-order valence-electron chi connectivity index (χ1n) is 4.30. The van der Waals surface area contributed by atoms with Crippen molar-refractivity contribution < 1.29 is 13.2 Å². The zero-order chi connectivity index (χ0) is 11.5. The van der Waals surface area contributed by atoms with Gasteiger partial charge in [-0.1, -0.05) is 34.1 Å². The maximum Gasteiger partial charge on any atom is 0.402 e. The lowest BCUT2D eigenvalue weighted by Gasteiger charge is -2.13. The van der Waals surface area contributed by atoms with Crippen molar-refractivity contribution >= 4 is 27.7 Å². The summed E-state index contributed by atoms with van der Waals surface area (Å²) >= 11 is 3.85. The molecule has 0 amide bonds. The van der Waals surface area contributed by atoms with E-state index in [1.165, 1.54) is 11.8 Å². The summed E-state index contributed by atoms with van der Waals surface area (Å²) in [5.41, 5.74) is 1.00. The smallest absolute Gasteiger partial charge is 0.170 e. The van der Waals surface area contributed by atoms with Crippen molar-refractivity contribution in [2.24, 2.45) is 0 Å². The Bertz CT molecular complexity index is 325. The van der Waals surface area contributed by atoms with Gasteiger partial charge < -0.3 is 0 Å². The molecule has 0 aromatic heterocycles. The number of hydrogen-bond donors (Lipinski definition) is 0. The van der Waals surface area contributed by atoms with E-state index in [9.17, 15) is 13.2 Å². The van der Waals surface area contributed by atoms with Gasteiger partial charge in [-0.3, -0.25) is 0 Å². The molecule has 1 atom stereocenters. The van der Waals surface area contributed by atoms with E-state index in [-0.39, 0.29) is 5.75 Å². The van der Waals surface area contributed by atoms with E-state index in [0.29, 0.717) is 0 Å². The first-order chi connectivity index (χ1) is 6.91. The summed E-state index contributed by atoms with van der Waals surface area (Å²) in [6, 6.07) is 7.41. The van der Waals surface area contributed by atoms with Crippen LogP contribution in [0.2, 0.25) is 0 Å². The Labute approximate surface area is 99.4 Å². The standard InChI is InChI=1S/C10H10BrF3S/c1-7-4-2-3-5-8(7)15-6-9(11)10(12,13)14/h2-5,9H,6H2,1H3. The quantitative estimate of drug-likeness (QED) is 0.588. The number of rotatable bonds is 3. The van der Waals surface area contributed by atoms with Gasteiger partial charge in [-0.2, -0.15) is 13.2 Å². The lowest BCUT2D eigenvalue weighted by atomic mass is 10.2. The molecule has 1 rings (SSSR count). The van der Waals surface area contributed by atoms with Gasteiger partial charge in [-0.05, 0) is 18.6 Å². The second kappa shape index (κ2) is 5.25. The fourth-order valence-corrected chi connectivity index (χ4v) is 2.36. The van der Waals surface area contributed by atoms with Crippen LogP contribution in [0.15, 0.2) is 29.2 Å². The van der Waals surface area contributed by atoms with Crippen LogP contribution in [0.3, 0.4) is 0 Å². The lowest BCUT2D eigenvalue weighted by Crippen LogP contribution is -2.24. The summed E-state index contributed by atoms with van der Waals surface area (Å²) in [7, 11) is 0. The van der Waals surface area contributed by atoms with E-state index in [4.69, 9.17) is 0 Å². The van der Waals surface area contributed by atoms with Crippen LogP contribution in [-0.4, -0.2) is 16.8 Å². The van der Waals surface area contributed by atoms with Crippen molar-refractivity contribution in [1.82, 2.24) is 0 Å². The number of halogens is 4. The molecular formula is C10H10BrF3S. The number of thioether (sulfide) groups is 1. The Morgan fingerprint density at radius 3 is 2.47 bits per heavy atom. The third-order valence-corrected chi connectivity index (χ3v) is 4.37. The van der Waals surface area contributed by atoms with Crippen molar-refractivity contribution in [3.63, 3.8) is 0 Å². The Morgan fingerprint density at radius 1 is 1.33 bits per heavy atom. The molecule has 0 bridgehead atoms. The van der Waals surface area contributed by atoms with E-state index in [1.54, 1.807) is 0 Å². The highest BCUT2D eigenvalue weighted by atomic mass is 79.9. The minimum atomic E-state index is -4.17. The van der Waals surface area contributed by atoms with Crippen LogP contribution >= 0.6 is 27.7 Å². The molecular weight excluding hydrogens is 289 g/mol. The van der Waals surface area contributed by atoms with Gasteiger partial charge in [0.05, 0.1) is 0 Å². The van der Waals surface area contributed by atoms with Gasteiger partial charge >= 0.3 is 6.18 Å². The molecule has 0 heterocycles. The summed E-state index contributed by atoms with van der Waals surface area (Å²) in [6.45, 7) is 1.89. The Balaban J connectivity index is 2.55. The van der Waals surface area contributed by atoms with E-state index >= 15 is 0 Å². The van der Waals surface area contributed by atoms with Gasteiger partial charge in [-0.25, -0.2) is 0 Å². The summed E-state index contributed by atoms with van der Waals surface area (Å²) in [6.07, 6.45) is -4.17. The first-order valence-corrected chi connectivity index (χ1v) is 6.20. The molecule has 0 saturated heterocycles. The molecule has 0 saturated carbocycles. The van der Waals surface area contributed by atoms with Crippen molar-refractivity contribution in [3.8, 4) is 0 Å². The topological polar surface area (TPSA) is 0 Å². The second-order valence-electron chi connectivity index (χ2n) is 3.09. The Kier molecular flexibility index (Phi) is 4.52. The van der Waals surface area contributed by atoms with Crippen LogP contribution < -0.4 is 0 Å². The van der Waals surface area contributed by atoms with Gasteiger partial charge in [0.15, 0.2) is 0 Å². The minimum Gasteiger partial charge on any atom is -0.170 e. The fraction of sp³-hybridized carbons (Fsp3) is 0.400. The first kappa shape index (κ1) is 12.9. The molecule has 0 aliphatic rings. The average molecular weight is 299 g/mol. The maximum absolute atomic E-state index is 12.2.